The van der Waals surface area contributed by atoms with Crippen LogP contribution in [-0.2, 0) is 6.42 Å². The van der Waals surface area contributed by atoms with Crippen LogP contribution in [0.5, 0.6) is 11.5 Å². The van der Waals surface area contributed by atoms with Crippen molar-refractivity contribution in [2.75, 3.05) is 18.7 Å². The minimum atomic E-state index is -0.317. The third-order valence-electron chi connectivity index (χ3n) is 5.12. The fraction of sp³-hybridized carbons (Fsp3) is 0.143. The highest BCUT2D eigenvalue weighted by Crippen LogP contribution is 2.37. The molecule has 1 aromatic heterocycles. The van der Waals surface area contributed by atoms with E-state index in [2.05, 4.69) is 22.0 Å². The van der Waals surface area contributed by atoms with Gasteiger partial charge < -0.3 is 14.9 Å². The van der Waals surface area contributed by atoms with Gasteiger partial charge in [-0.25, -0.2) is 9.37 Å². The number of aromatic nitrogens is 2. The molecule has 150 valence electrons. The Hall–Kier alpha value is -4.03. The molecule has 0 saturated carbocycles. The van der Waals surface area contributed by atoms with Crippen molar-refractivity contribution in [3.8, 4) is 23.3 Å². The fourth-order valence-electron chi connectivity index (χ4n) is 3.61. The van der Waals surface area contributed by atoms with Crippen molar-refractivity contribution in [1.82, 2.24) is 20.5 Å². The predicted octanol–water partition coefficient (Wildman–Crippen LogP) is 2.57. The molecule has 0 radical (unpaired) electrons. The third kappa shape index (κ3) is 2.91. The van der Waals surface area contributed by atoms with E-state index in [-0.39, 0.29) is 12.4 Å². The van der Waals surface area contributed by atoms with E-state index in [1.54, 1.807) is 25.6 Å². The molecule has 3 aromatic rings. The molecule has 0 bridgehead atoms. The number of nitrogens with zero attached hydrogens (tertiary/aromatic N) is 4. The number of anilines is 1. The maximum atomic E-state index is 13.1. The first kappa shape index (κ1) is 18.0. The fourth-order valence-corrected chi connectivity index (χ4v) is 3.61. The molecule has 3 heterocycles. The first-order chi connectivity index (χ1) is 14.7. The van der Waals surface area contributed by atoms with Gasteiger partial charge in [0, 0.05) is 12.5 Å². The standard InChI is InChI=1S/C21H17FN6O2/c1-29-15-6-7-18-21(8-15)28-20(9-19-16(10-23)24-12-27(18)19)17(25-26-28)11-30-14-4-2-13(22)3-5-14/h2-8,12,25-26H,9,11H2,1H3. The Morgan fingerprint density at radius 3 is 2.73 bits per heavy atom. The van der Waals surface area contributed by atoms with Gasteiger partial charge in [-0.3, -0.25) is 9.58 Å². The van der Waals surface area contributed by atoms with Crippen molar-refractivity contribution in [1.29, 1.82) is 5.26 Å². The summed E-state index contributed by atoms with van der Waals surface area (Å²) >= 11 is 0. The van der Waals surface area contributed by atoms with E-state index >= 15 is 0 Å². The van der Waals surface area contributed by atoms with Crippen LogP contribution in [0.15, 0.2) is 60.2 Å². The van der Waals surface area contributed by atoms with Crippen LogP contribution in [0.4, 0.5) is 10.1 Å². The number of methoxy groups -OCH3 is 1. The Kier molecular flexibility index (Phi) is 4.26. The zero-order chi connectivity index (χ0) is 20.7. The molecule has 0 aliphatic carbocycles. The number of rotatable bonds is 4. The Bertz CT molecular complexity index is 1200. The van der Waals surface area contributed by atoms with Crippen LogP contribution in [0, 0.1) is 17.1 Å². The van der Waals surface area contributed by atoms with E-state index in [0.717, 1.165) is 28.5 Å². The van der Waals surface area contributed by atoms with E-state index in [1.807, 2.05) is 27.8 Å². The van der Waals surface area contributed by atoms with Crippen LogP contribution >= 0.6 is 0 Å². The number of ether oxygens (including phenoxy) is 2. The molecule has 0 spiro atoms. The highest BCUT2D eigenvalue weighted by atomic mass is 19.1. The molecule has 8 nitrogen and oxygen atoms in total. The van der Waals surface area contributed by atoms with Gasteiger partial charge in [0.1, 0.15) is 36.3 Å². The monoisotopic (exact) mass is 404 g/mol. The van der Waals surface area contributed by atoms with E-state index < -0.39 is 0 Å². The predicted molar refractivity (Wildman–Crippen MR) is 106 cm³/mol. The normalized spacial score (nSPS) is 14.2. The summed E-state index contributed by atoms with van der Waals surface area (Å²) in [5.41, 5.74) is 10.9. The van der Waals surface area contributed by atoms with Crippen molar-refractivity contribution < 1.29 is 13.9 Å². The Morgan fingerprint density at radius 2 is 1.97 bits per heavy atom. The summed E-state index contributed by atoms with van der Waals surface area (Å²) < 4.78 is 26.3. The number of hydrogen-bond acceptors (Lipinski definition) is 7. The number of allylic oxidation sites excluding steroid dienone is 1. The minimum absolute atomic E-state index is 0.236. The van der Waals surface area contributed by atoms with Gasteiger partial charge >= 0.3 is 0 Å². The highest BCUT2D eigenvalue weighted by Gasteiger charge is 2.32. The number of hydrazine groups is 2. The highest BCUT2D eigenvalue weighted by molar-refractivity contribution is 5.71. The van der Waals surface area contributed by atoms with Gasteiger partial charge in [0.05, 0.1) is 35.6 Å². The first-order valence-corrected chi connectivity index (χ1v) is 9.25. The minimum Gasteiger partial charge on any atom is -0.497 e. The van der Waals surface area contributed by atoms with Crippen molar-refractivity contribution in [3.63, 3.8) is 0 Å². The van der Waals surface area contributed by atoms with Crippen molar-refractivity contribution >= 4 is 5.69 Å². The molecular formula is C21H17FN6O2. The SMILES string of the molecule is COc1ccc2c(c1)N1NNC(COc3ccc(F)cc3)=C1Cc1c(C#N)ncn1-2. The van der Waals surface area contributed by atoms with E-state index in [0.29, 0.717) is 23.6 Å². The summed E-state index contributed by atoms with van der Waals surface area (Å²) in [5, 5.41) is 11.4. The Labute approximate surface area is 171 Å². The number of fused-ring (bicyclic) bond motifs is 5. The number of imidazole rings is 1. The molecule has 2 aromatic carbocycles. The van der Waals surface area contributed by atoms with Crippen molar-refractivity contribution in [3.05, 3.63) is 77.4 Å². The smallest absolute Gasteiger partial charge is 0.162 e. The second kappa shape index (κ2) is 7.09. The zero-order valence-electron chi connectivity index (χ0n) is 16.0. The van der Waals surface area contributed by atoms with Crippen LogP contribution in [0.3, 0.4) is 0 Å². The van der Waals surface area contributed by atoms with Gasteiger partial charge in [-0.05, 0) is 36.4 Å². The lowest BCUT2D eigenvalue weighted by atomic mass is 10.1. The summed E-state index contributed by atoms with van der Waals surface area (Å²) in [4.78, 5) is 4.26. The molecule has 5 rings (SSSR count). The maximum Gasteiger partial charge on any atom is 0.162 e. The molecule has 0 atom stereocenters. The first-order valence-electron chi connectivity index (χ1n) is 9.25. The van der Waals surface area contributed by atoms with Gasteiger partial charge in [0.15, 0.2) is 5.69 Å². The van der Waals surface area contributed by atoms with Gasteiger partial charge in [-0.15, -0.1) is 5.53 Å². The van der Waals surface area contributed by atoms with E-state index in [4.69, 9.17) is 9.47 Å². The van der Waals surface area contributed by atoms with Crippen LogP contribution in [0.1, 0.15) is 11.4 Å². The topological polar surface area (TPSA) is 87.4 Å². The van der Waals surface area contributed by atoms with Gasteiger partial charge in [-0.2, -0.15) is 5.26 Å². The largest absolute Gasteiger partial charge is 0.497 e. The third-order valence-corrected chi connectivity index (χ3v) is 5.12. The van der Waals surface area contributed by atoms with Crippen LogP contribution in [0.2, 0.25) is 0 Å². The molecule has 2 N–H and O–H groups in total. The molecule has 0 amide bonds. The van der Waals surface area contributed by atoms with Crippen LogP contribution in [-0.4, -0.2) is 23.3 Å². The number of nitrogens with one attached hydrogen (secondary N) is 2. The Morgan fingerprint density at radius 1 is 1.17 bits per heavy atom. The summed E-state index contributed by atoms with van der Waals surface area (Å²) in [6, 6.07) is 13.7. The number of benzene rings is 2. The lowest BCUT2D eigenvalue weighted by molar-refractivity contribution is 0.340. The van der Waals surface area contributed by atoms with Gasteiger partial charge in [0.2, 0.25) is 0 Å². The van der Waals surface area contributed by atoms with E-state index in [1.165, 1.54) is 12.1 Å². The lowest BCUT2D eigenvalue weighted by Gasteiger charge is -2.21. The summed E-state index contributed by atoms with van der Waals surface area (Å²) in [6.07, 6.45) is 2.12. The maximum absolute atomic E-state index is 13.1. The summed E-state index contributed by atoms with van der Waals surface area (Å²) in [6.45, 7) is 0.236. The summed E-state index contributed by atoms with van der Waals surface area (Å²) in [5.74, 6) is 0.945. The zero-order valence-corrected chi connectivity index (χ0v) is 16.0. The van der Waals surface area contributed by atoms with Crippen molar-refractivity contribution in [2.24, 2.45) is 0 Å². The molecular weight excluding hydrogens is 387 g/mol. The average Bonchev–Trinajstić information content (AvgIpc) is 3.34. The van der Waals surface area contributed by atoms with E-state index in [9.17, 15) is 9.65 Å². The van der Waals surface area contributed by atoms with Gasteiger partial charge in [-0.1, -0.05) is 0 Å². The molecule has 0 unspecified atom stereocenters. The number of nitriles is 1. The second-order valence-electron chi connectivity index (χ2n) is 6.79. The number of hydrogen-bond donors (Lipinski definition) is 2. The Balaban J connectivity index is 1.57. The number of halogens is 1. The van der Waals surface area contributed by atoms with Gasteiger partial charge in [0.25, 0.3) is 0 Å². The van der Waals surface area contributed by atoms with Crippen molar-refractivity contribution in [2.45, 2.75) is 6.42 Å². The molecule has 2 aliphatic heterocycles. The molecule has 0 saturated heterocycles. The van der Waals surface area contributed by atoms with Crippen LogP contribution in [0.25, 0.3) is 5.69 Å². The molecule has 30 heavy (non-hydrogen) atoms. The average molecular weight is 404 g/mol. The van der Waals surface area contributed by atoms with Crippen LogP contribution < -0.4 is 25.4 Å². The molecule has 2 aliphatic rings. The summed E-state index contributed by atoms with van der Waals surface area (Å²) in [7, 11) is 1.61. The molecule has 0 fully saturated rings. The lowest BCUT2D eigenvalue weighted by Crippen LogP contribution is -2.38. The quantitative estimate of drug-likeness (QED) is 0.691. The second-order valence-corrected chi connectivity index (χ2v) is 6.79. The molecule has 9 heteroatoms.